The maximum Gasteiger partial charge on any atom is 0.230 e. The third-order valence-corrected chi connectivity index (χ3v) is 4.18. The molecule has 0 aliphatic carbocycles. The Hall–Kier alpha value is -1.59. The van der Waals surface area contributed by atoms with Crippen molar-refractivity contribution in [3.63, 3.8) is 0 Å². The highest BCUT2D eigenvalue weighted by atomic mass is 35.5. The fourth-order valence-electron chi connectivity index (χ4n) is 2.74. The molecule has 1 aromatic rings. The van der Waals surface area contributed by atoms with E-state index in [-0.39, 0.29) is 11.8 Å². The first kappa shape index (κ1) is 16.8. The average Bonchev–Trinajstić information content (AvgIpc) is 2.52. The smallest absolute Gasteiger partial charge is 0.230 e. The Morgan fingerprint density at radius 2 is 1.91 bits per heavy atom. The second-order valence-electron chi connectivity index (χ2n) is 5.44. The topological polar surface area (TPSA) is 67.4 Å². The van der Waals surface area contributed by atoms with Crippen LogP contribution in [0.3, 0.4) is 0 Å². The summed E-state index contributed by atoms with van der Waals surface area (Å²) in [5, 5.41) is 6.20. The number of rotatable bonds is 5. The van der Waals surface area contributed by atoms with Crippen molar-refractivity contribution in [2.45, 2.75) is 25.2 Å². The zero-order valence-corrected chi connectivity index (χ0v) is 13.4. The molecule has 0 spiro atoms. The first-order valence-corrected chi connectivity index (χ1v) is 7.79. The van der Waals surface area contributed by atoms with E-state index in [1.54, 1.807) is 6.07 Å². The number of hydrogen-bond acceptors (Lipinski definition) is 3. The number of ether oxygens (including phenoxy) is 1. The Balaban J connectivity index is 2.11. The summed E-state index contributed by atoms with van der Waals surface area (Å²) in [5.41, 5.74) is 0.305. The standard InChI is InChI=1S/C16H21ClN2O3/c1-12(20)18-7-8-19-15(21)16(5-9-22-10-6-16)13-3-2-4-14(17)11-13/h2-4,11H,5-10H2,1H3,(H,18,20)(H,19,21). The van der Waals surface area contributed by atoms with Gasteiger partial charge in [-0.25, -0.2) is 0 Å². The molecule has 2 rings (SSSR count). The quantitative estimate of drug-likeness (QED) is 0.809. The molecule has 1 aliphatic heterocycles. The zero-order valence-electron chi connectivity index (χ0n) is 12.7. The van der Waals surface area contributed by atoms with Gasteiger partial charge in [-0.15, -0.1) is 0 Å². The first-order chi connectivity index (χ1) is 10.5. The minimum atomic E-state index is -0.612. The number of halogens is 1. The summed E-state index contributed by atoms with van der Waals surface area (Å²) in [4.78, 5) is 23.6. The van der Waals surface area contributed by atoms with Crippen molar-refractivity contribution in [3.8, 4) is 0 Å². The van der Waals surface area contributed by atoms with Gasteiger partial charge in [-0.1, -0.05) is 23.7 Å². The van der Waals surface area contributed by atoms with E-state index in [0.717, 1.165) is 5.56 Å². The van der Waals surface area contributed by atoms with Crippen molar-refractivity contribution in [1.29, 1.82) is 0 Å². The molecule has 1 heterocycles. The molecule has 1 fully saturated rings. The molecule has 5 nitrogen and oxygen atoms in total. The molecule has 0 unspecified atom stereocenters. The van der Waals surface area contributed by atoms with Crippen molar-refractivity contribution < 1.29 is 14.3 Å². The number of carbonyl (C=O) groups excluding carboxylic acids is 2. The summed E-state index contributed by atoms with van der Waals surface area (Å²) in [7, 11) is 0. The summed E-state index contributed by atoms with van der Waals surface area (Å²) in [6.45, 7) is 3.37. The maximum absolute atomic E-state index is 12.8. The Bertz CT molecular complexity index is 542. The number of benzene rings is 1. The van der Waals surface area contributed by atoms with Crippen LogP contribution in [0.15, 0.2) is 24.3 Å². The fourth-order valence-corrected chi connectivity index (χ4v) is 2.93. The second-order valence-corrected chi connectivity index (χ2v) is 5.88. The Morgan fingerprint density at radius 3 is 2.55 bits per heavy atom. The first-order valence-electron chi connectivity index (χ1n) is 7.41. The molecule has 22 heavy (non-hydrogen) atoms. The highest BCUT2D eigenvalue weighted by molar-refractivity contribution is 6.30. The molecule has 6 heteroatoms. The van der Waals surface area contributed by atoms with Crippen molar-refractivity contribution >= 4 is 23.4 Å². The lowest BCUT2D eigenvalue weighted by Gasteiger charge is -2.36. The van der Waals surface area contributed by atoms with Crippen LogP contribution < -0.4 is 10.6 Å². The van der Waals surface area contributed by atoms with Gasteiger partial charge in [0.15, 0.2) is 0 Å². The third-order valence-electron chi connectivity index (χ3n) is 3.94. The van der Waals surface area contributed by atoms with Crippen molar-refractivity contribution in [1.82, 2.24) is 10.6 Å². The molecule has 1 aromatic carbocycles. The van der Waals surface area contributed by atoms with Gasteiger partial charge in [0.05, 0.1) is 5.41 Å². The summed E-state index contributed by atoms with van der Waals surface area (Å²) in [5.74, 6) is -0.145. The van der Waals surface area contributed by atoms with Crippen LogP contribution in [0.5, 0.6) is 0 Å². The van der Waals surface area contributed by atoms with Gasteiger partial charge in [-0.2, -0.15) is 0 Å². The van der Waals surface area contributed by atoms with E-state index in [0.29, 0.717) is 44.2 Å². The van der Waals surface area contributed by atoms with Crippen molar-refractivity contribution in [3.05, 3.63) is 34.9 Å². The van der Waals surface area contributed by atoms with Gasteiger partial charge >= 0.3 is 0 Å². The van der Waals surface area contributed by atoms with Crippen LogP contribution in [0, 0.1) is 0 Å². The number of hydrogen-bond donors (Lipinski definition) is 2. The monoisotopic (exact) mass is 324 g/mol. The SMILES string of the molecule is CC(=O)NCCNC(=O)C1(c2cccc(Cl)c2)CCOCC1. The number of carbonyl (C=O) groups is 2. The summed E-state index contributed by atoms with van der Waals surface area (Å²) >= 11 is 6.08. The van der Waals surface area contributed by atoms with E-state index in [2.05, 4.69) is 10.6 Å². The third kappa shape index (κ3) is 3.99. The zero-order chi connectivity index (χ0) is 16.0. The molecule has 2 amide bonds. The summed E-state index contributed by atoms with van der Waals surface area (Å²) < 4.78 is 5.41. The number of nitrogens with one attached hydrogen (secondary N) is 2. The fraction of sp³-hybridized carbons (Fsp3) is 0.500. The predicted octanol–water partition coefficient (Wildman–Crippen LogP) is 1.64. The second kappa shape index (κ2) is 7.61. The van der Waals surface area contributed by atoms with Crippen molar-refractivity contribution in [2.75, 3.05) is 26.3 Å². The van der Waals surface area contributed by atoms with Gasteiger partial charge < -0.3 is 15.4 Å². The lowest BCUT2D eigenvalue weighted by molar-refractivity contribution is -0.130. The molecular weight excluding hydrogens is 304 g/mol. The van der Waals surface area contributed by atoms with Crippen LogP contribution in [-0.4, -0.2) is 38.1 Å². The van der Waals surface area contributed by atoms with Crippen LogP contribution in [-0.2, 0) is 19.7 Å². The molecule has 0 saturated carbocycles. The minimum absolute atomic E-state index is 0.0385. The molecule has 2 N–H and O–H groups in total. The Labute approximate surface area is 135 Å². The summed E-state index contributed by atoms with van der Waals surface area (Å²) in [6.07, 6.45) is 1.25. The van der Waals surface area contributed by atoms with Crippen molar-refractivity contribution in [2.24, 2.45) is 0 Å². The van der Waals surface area contributed by atoms with Crippen LogP contribution in [0.1, 0.15) is 25.3 Å². The van der Waals surface area contributed by atoms with Crippen LogP contribution >= 0.6 is 11.6 Å². The molecule has 0 atom stereocenters. The lowest BCUT2D eigenvalue weighted by atomic mass is 9.73. The van der Waals surface area contributed by atoms with Gasteiger partial charge in [-0.3, -0.25) is 9.59 Å². The molecule has 1 saturated heterocycles. The predicted molar refractivity (Wildman–Crippen MR) is 84.9 cm³/mol. The van der Waals surface area contributed by atoms with E-state index in [4.69, 9.17) is 16.3 Å². The van der Waals surface area contributed by atoms with Crippen LogP contribution in [0.4, 0.5) is 0 Å². The van der Waals surface area contributed by atoms with Gasteiger partial charge in [0, 0.05) is 38.2 Å². The van der Waals surface area contributed by atoms with Crippen LogP contribution in [0.25, 0.3) is 0 Å². The number of amides is 2. The van der Waals surface area contributed by atoms with E-state index >= 15 is 0 Å². The van der Waals surface area contributed by atoms with Gasteiger partial charge in [-0.05, 0) is 30.5 Å². The van der Waals surface area contributed by atoms with E-state index < -0.39 is 5.41 Å². The van der Waals surface area contributed by atoms with E-state index in [1.165, 1.54) is 6.92 Å². The Kier molecular flexibility index (Phi) is 5.80. The molecule has 120 valence electrons. The summed E-state index contributed by atoms with van der Waals surface area (Å²) in [6, 6.07) is 7.44. The van der Waals surface area contributed by atoms with E-state index in [1.807, 2.05) is 18.2 Å². The minimum Gasteiger partial charge on any atom is -0.381 e. The van der Waals surface area contributed by atoms with E-state index in [9.17, 15) is 9.59 Å². The maximum atomic E-state index is 12.8. The van der Waals surface area contributed by atoms with Gasteiger partial charge in [0.25, 0.3) is 0 Å². The normalized spacial score (nSPS) is 16.8. The van der Waals surface area contributed by atoms with Crippen LogP contribution in [0.2, 0.25) is 5.02 Å². The Morgan fingerprint density at radius 1 is 1.23 bits per heavy atom. The molecule has 0 radical (unpaired) electrons. The van der Waals surface area contributed by atoms with Gasteiger partial charge in [0.2, 0.25) is 11.8 Å². The molecule has 0 bridgehead atoms. The van der Waals surface area contributed by atoms with Gasteiger partial charge in [0.1, 0.15) is 0 Å². The average molecular weight is 325 g/mol. The highest BCUT2D eigenvalue weighted by Gasteiger charge is 2.41. The molecule has 0 aromatic heterocycles. The lowest BCUT2D eigenvalue weighted by Crippen LogP contribution is -2.49. The molecular formula is C16H21ClN2O3. The largest absolute Gasteiger partial charge is 0.381 e. The highest BCUT2D eigenvalue weighted by Crippen LogP contribution is 2.36. The molecule has 1 aliphatic rings.